The highest BCUT2D eigenvalue weighted by molar-refractivity contribution is 5.91. The number of carbonyl (C=O) groups excluding carboxylic acids is 4. The molecule has 56 heavy (non-hydrogen) atoms. The summed E-state index contributed by atoms with van der Waals surface area (Å²) in [7, 11) is 6.00. The molecule has 0 saturated carbocycles. The first-order valence-electron chi connectivity index (χ1n) is 20.2. The number of aromatic hydroxyl groups is 1. The molecule has 0 bridgehead atoms. The minimum Gasteiger partial charge on any atom is -0.507 e. The number of hydrogen-bond acceptors (Lipinski definition) is 10. The lowest BCUT2D eigenvalue weighted by Gasteiger charge is -2.43. The van der Waals surface area contributed by atoms with E-state index in [1.165, 1.54) is 0 Å². The summed E-state index contributed by atoms with van der Waals surface area (Å²) in [6.07, 6.45) is 2.60. The van der Waals surface area contributed by atoms with Crippen LogP contribution in [0.4, 0.5) is 15.3 Å². The van der Waals surface area contributed by atoms with Gasteiger partial charge in [0.25, 0.3) is 5.91 Å². The molecule has 0 aliphatic carbocycles. The van der Waals surface area contributed by atoms with Crippen LogP contribution >= 0.6 is 0 Å². The number of benzene rings is 2. The van der Waals surface area contributed by atoms with Gasteiger partial charge in [0.05, 0.1) is 13.2 Å². The van der Waals surface area contributed by atoms with Gasteiger partial charge in [-0.15, -0.1) is 0 Å². The van der Waals surface area contributed by atoms with Gasteiger partial charge in [0.2, 0.25) is 0 Å². The molecule has 4 aliphatic heterocycles. The molecule has 4 heterocycles. The number of fused-ring (bicyclic) bond motifs is 1. The van der Waals surface area contributed by atoms with E-state index in [0.29, 0.717) is 75.9 Å². The van der Waals surface area contributed by atoms with Gasteiger partial charge >= 0.3 is 18.1 Å². The number of hydrogen-bond donors (Lipinski definition) is 2. The van der Waals surface area contributed by atoms with E-state index in [4.69, 9.17) is 9.47 Å². The Morgan fingerprint density at radius 2 is 1.46 bits per heavy atom. The van der Waals surface area contributed by atoms with Gasteiger partial charge in [0.15, 0.2) is 6.10 Å². The van der Waals surface area contributed by atoms with E-state index in [1.807, 2.05) is 93.0 Å². The number of anilines is 1. The zero-order valence-electron chi connectivity index (χ0n) is 34.3. The van der Waals surface area contributed by atoms with Gasteiger partial charge < -0.3 is 39.5 Å². The van der Waals surface area contributed by atoms with Gasteiger partial charge in [0, 0.05) is 83.1 Å². The first-order chi connectivity index (χ1) is 26.8. The Balaban J connectivity index is 0.00000143. The highest BCUT2D eigenvalue weighted by Gasteiger charge is 2.36. The average Bonchev–Trinajstić information content (AvgIpc) is 3.34. The Hall–Kier alpha value is -4.40. The maximum absolute atomic E-state index is 14.1. The van der Waals surface area contributed by atoms with Crippen molar-refractivity contribution < 1.29 is 33.8 Å². The highest BCUT2D eigenvalue weighted by atomic mass is 16.6. The van der Waals surface area contributed by atoms with Crippen molar-refractivity contribution in [3.05, 3.63) is 58.7 Å². The van der Waals surface area contributed by atoms with Crippen molar-refractivity contribution in [2.45, 2.75) is 77.5 Å². The van der Waals surface area contributed by atoms with Crippen LogP contribution in [-0.2, 0) is 31.9 Å². The van der Waals surface area contributed by atoms with E-state index in [9.17, 15) is 24.3 Å². The van der Waals surface area contributed by atoms with Crippen LogP contribution in [0, 0.1) is 13.8 Å². The van der Waals surface area contributed by atoms with E-state index < -0.39 is 12.2 Å². The molecule has 0 spiro atoms. The lowest BCUT2D eigenvalue weighted by molar-refractivity contribution is -0.144. The summed E-state index contributed by atoms with van der Waals surface area (Å²) in [5.41, 5.74) is 4.19. The SMILES string of the molecule is CCOC(=O)CN1CCC(N2CCN(C(=O)[C@@H](Cc3cc(C)c(O)c(C)c3)OC(=O)N3CCC(N4CCc5ccccc5NC4=O)CC3)CC2)CC1.CN(C)C. The third-order valence-corrected chi connectivity index (χ3v) is 11.2. The Morgan fingerprint density at radius 1 is 0.857 bits per heavy atom. The molecular formula is C42H63N7O7. The van der Waals surface area contributed by atoms with E-state index >= 15 is 0 Å². The Kier molecular flexibility index (Phi) is 15.4. The molecule has 0 unspecified atom stereocenters. The third-order valence-electron chi connectivity index (χ3n) is 11.2. The van der Waals surface area contributed by atoms with Gasteiger partial charge in [0.1, 0.15) is 5.75 Å². The molecular weight excluding hydrogens is 715 g/mol. The first-order valence-corrected chi connectivity index (χ1v) is 20.2. The largest absolute Gasteiger partial charge is 0.507 e. The number of phenolic OH excluding ortho intramolecular Hbond substituents is 1. The van der Waals surface area contributed by atoms with Gasteiger partial charge in [-0.25, -0.2) is 9.59 Å². The maximum Gasteiger partial charge on any atom is 0.410 e. The van der Waals surface area contributed by atoms with Crippen LogP contribution in [0.1, 0.15) is 54.9 Å². The van der Waals surface area contributed by atoms with Gasteiger partial charge in [-0.1, -0.05) is 30.3 Å². The molecule has 4 amide bonds. The third kappa shape index (κ3) is 11.6. The number of likely N-dealkylation sites (tertiary alicyclic amines) is 2. The van der Waals surface area contributed by atoms with Crippen molar-refractivity contribution >= 4 is 29.7 Å². The molecule has 2 aromatic carbocycles. The van der Waals surface area contributed by atoms with Crippen LogP contribution in [0.2, 0.25) is 0 Å². The van der Waals surface area contributed by atoms with Crippen molar-refractivity contribution in [3.63, 3.8) is 0 Å². The predicted molar refractivity (Wildman–Crippen MR) is 216 cm³/mol. The Morgan fingerprint density at radius 3 is 2.09 bits per heavy atom. The second-order valence-electron chi connectivity index (χ2n) is 15.9. The Labute approximate surface area is 332 Å². The molecule has 3 fully saturated rings. The molecule has 0 radical (unpaired) electrons. The van der Waals surface area contributed by atoms with Crippen molar-refractivity contribution in [2.24, 2.45) is 0 Å². The number of para-hydroxylation sites is 1. The zero-order chi connectivity index (χ0) is 40.4. The zero-order valence-corrected chi connectivity index (χ0v) is 34.3. The number of piperazine rings is 1. The monoisotopic (exact) mass is 777 g/mol. The molecule has 3 saturated heterocycles. The highest BCUT2D eigenvalue weighted by Crippen LogP contribution is 2.27. The number of aryl methyl sites for hydroxylation is 2. The second-order valence-corrected chi connectivity index (χ2v) is 15.9. The number of esters is 1. The fraction of sp³-hybridized carbons (Fsp3) is 0.619. The topological polar surface area (TPSA) is 138 Å². The quantitative estimate of drug-likeness (QED) is 0.360. The summed E-state index contributed by atoms with van der Waals surface area (Å²) in [6.45, 7) is 11.9. The molecule has 6 rings (SSSR count). The van der Waals surface area contributed by atoms with Gasteiger partial charge in [-0.2, -0.15) is 0 Å². The molecule has 14 heteroatoms. The lowest BCUT2D eigenvalue weighted by atomic mass is 10.00. The summed E-state index contributed by atoms with van der Waals surface area (Å²) >= 11 is 0. The van der Waals surface area contributed by atoms with Crippen LogP contribution in [0.15, 0.2) is 36.4 Å². The maximum atomic E-state index is 14.1. The van der Waals surface area contributed by atoms with Crippen molar-refractivity contribution in [2.75, 3.05) is 98.5 Å². The summed E-state index contributed by atoms with van der Waals surface area (Å²) in [6, 6.07) is 11.8. The smallest absolute Gasteiger partial charge is 0.410 e. The van der Waals surface area contributed by atoms with Crippen LogP contribution in [0.3, 0.4) is 0 Å². The number of urea groups is 1. The Bertz CT molecular complexity index is 1620. The summed E-state index contributed by atoms with van der Waals surface area (Å²) in [5.74, 6) is -0.174. The number of piperidine rings is 2. The second kappa shape index (κ2) is 20.1. The molecule has 2 aromatic rings. The average molecular weight is 778 g/mol. The number of nitrogens with one attached hydrogen (secondary N) is 1. The minimum absolute atomic E-state index is 0.000151. The standard InChI is InChI=1S/C39H54N6O7.C3H9N/c1-4-51-35(46)26-41-14-10-31(11-15-41)42-19-21-43(22-20-42)37(48)34(25-29-23-27(2)36(47)28(3)24-29)52-39(50)44-16-12-32(13-17-44)45-18-9-30-7-5-6-8-33(30)40-38(45)49;1-4(2)3/h5-8,23-24,31-32,34,47H,4,9-22,25-26H2,1-3H3,(H,40,49);1-3H3/t34-;/m1./s1. The lowest BCUT2D eigenvalue weighted by Crippen LogP contribution is -2.57. The van der Waals surface area contributed by atoms with Crippen LogP contribution in [0.5, 0.6) is 5.75 Å². The predicted octanol–water partition coefficient (Wildman–Crippen LogP) is 3.96. The molecule has 308 valence electrons. The molecule has 4 aliphatic rings. The van der Waals surface area contributed by atoms with E-state index in [2.05, 4.69) is 15.1 Å². The number of ether oxygens (including phenoxy) is 2. The van der Waals surface area contributed by atoms with Crippen molar-refractivity contribution in [1.82, 2.24) is 29.4 Å². The van der Waals surface area contributed by atoms with Crippen molar-refractivity contribution in [3.8, 4) is 5.75 Å². The fourth-order valence-electron chi connectivity index (χ4n) is 8.19. The van der Waals surface area contributed by atoms with Gasteiger partial charge in [-0.05, 0) is 102 Å². The van der Waals surface area contributed by atoms with Crippen LogP contribution in [-0.4, -0.2) is 170 Å². The summed E-state index contributed by atoms with van der Waals surface area (Å²) in [5, 5.41) is 13.4. The number of phenols is 1. The molecule has 14 nitrogen and oxygen atoms in total. The minimum atomic E-state index is -1.01. The number of rotatable bonds is 9. The van der Waals surface area contributed by atoms with Crippen molar-refractivity contribution in [1.29, 1.82) is 0 Å². The first kappa shape index (κ1) is 42.7. The normalized spacial score (nSPS) is 19.3. The van der Waals surface area contributed by atoms with Gasteiger partial charge in [-0.3, -0.25) is 19.4 Å². The molecule has 0 aromatic heterocycles. The van der Waals surface area contributed by atoms with Crippen LogP contribution < -0.4 is 5.32 Å². The van der Waals surface area contributed by atoms with Crippen LogP contribution in [0.25, 0.3) is 0 Å². The summed E-state index contributed by atoms with van der Waals surface area (Å²) < 4.78 is 11.2. The van der Waals surface area contributed by atoms with E-state index in [-0.39, 0.29) is 36.1 Å². The number of carbonyl (C=O) groups is 4. The summed E-state index contributed by atoms with van der Waals surface area (Å²) in [4.78, 5) is 64.8. The molecule has 1 atom stereocenters. The van der Waals surface area contributed by atoms with E-state index in [1.54, 1.807) is 4.90 Å². The number of nitrogens with zero attached hydrogens (tertiary/aromatic N) is 6. The number of amides is 4. The molecule has 2 N–H and O–H groups in total. The van der Waals surface area contributed by atoms with E-state index in [0.717, 1.165) is 62.3 Å². The fourth-order valence-corrected chi connectivity index (χ4v) is 8.19.